The van der Waals surface area contributed by atoms with Crippen LogP contribution in [0.5, 0.6) is 11.5 Å². The summed E-state index contributed by atoms with van der Waals surface area (Å²) in [7, 11) is 3.28. The Hall–Kier alpha value is -2.85. The molecule has 10 heteroatoms. The molecule has 0 heterocycles. The minimum Gasteiger partial charge on any atom is -0.493 e. The van der Waals surface area contributed by atoms with Crippen molar-refractivity contribution in [3.05, 3.63) is 23.8 Å². The monoisotopic (exact) mass is 607 g/mol. The van der Waals surface area contributed by atoms with Crippen LogP contribution in [0.25, 0.3) is 0 Å². The van der Waals surface area contributed by atoms with Gasteiger partial charge in [-0.3, -0.25) is 14.4 Å². The van der Waals surface area contributed by atoms with Crippen molar-refractivity contribution in [1.82, 2.24) is 5.32 Å². The van der Waals surface area contributed by atoms with E-state index in [0.717, 1.165) is 18.4 Å². The van der Waals surface area contributed by atoms with Gasteiger partial charge in [0.2, 0.25) is 11.8 Å². The first-order chi connectivity index (χ1) is 20.2. The maximum absolute atomic E-state index is 13.3. The van der Waals surface area contributed by atoms with E-state index in [0.29, 0.717) is 37.1 Å². The predicted molar refractivity (Wildman–Crippen MR) is 169 cm³/mol. The Morgan fingerprint density at radius 1 is 0.977 bits per heavy atom. The second-order valence-electron chi connectivity index (χ2n) is 12.7. The number of esters is 1. The summed E-state index contributed by atoms with van der Waals surface area (Å²) < 4.78 is 22.4. The standard InChI is InChI=1S/C33H57N3O7/c1-10-30(37)43-28(19-25(22(4)5)31(38)36-20-33(6,7)32(35)39)26(34)18-24(21(2)3)16-23-12-13-27(41-9)29(17-23)42-15-11-14-40-8/h12-13,17,21-22,24-26,28H,10-11,14-16,18-20,34H2,1-9H3,(H2,35,39)(H,36,38)/t24-,25+,26?,28-/m0/s1. The van der Waals surface area contributed by atoms with Crippen LogP contribution in [0.1, 0.15) is 79.7 Å². The summed E-state index contributed by atoms with van der Waals surface area (Å²) in [6.45, 7) is 14.6. The zero-order valence-electron chi connectivity index (χ0n) is 27.9. The van der Waals surface area contributed by atoms with E-state index in [2.05, 4.69) is 19.2 Å². The summed E-state index contributed by atoms with van der Waals surface area (Å²) in [5.41, 5.74) is 12.5. The van der Waals surface area contributed by atoms with Gasteiger partial charge in [0, 0.05) is 45.1 Å². The average Bonchev–Trinajstić information content (AvgIpc) is 2.95. The number of carbonyl (C=O) groups excluding carboxylic acids is 3. The van der Waals surface area contributed by atoms with Crippen molar-refractivity contribution in [1.29, 1.82) is 0 Å². The Morgan fingerprint density at radius 3 is 2.19 bits per heavy atom. The third-order valence-corrected chi connectivity index (χ3v) is 8.04. The van der Waals surface area contributed by atoms with Crippen molar-refractivity contribution in [3.8, 4) is 11.5 Å². The van der Waals surface area contributed by atoms with Crippen LogP contribution >= 0.6 is 0 Å². The van der Waals surface area contributed by atoms with Crippen LogP contribution in [0.15, 0.2) is 18.2 Å². The SMILES string of the molecule is CCC(=O)O[C@@H](C[C@@H](C(=O)NCC(C)(C)C(N)=O)C(C)C)C(N)C[C@H](Cc1ccc(OC)c(OCCCOC)c1)C(C)C. The van der Waals surface area contributed by atoms with Gasteiger partial charge >= 0.3 is 5.97 Å². The van der Waals surface area contributed by atoms with E-state index < -0.39 is 29.4 Å². The van der Waals surface area contributed by atoms with Crippen molar-refractivity contribution in [2.45, 2.75) is 92.7 Å². The Labute approximate surface area is 258 Å². The molecule has 0 fully saturated rings. The third-order valence-electron chi connectivity index (χ3n) is 8.04. The molecule has 0 aliphatic carbocycles. The molecule has 1 unspecified atom stereocenters. The lowest BCUT2D eigenvalue weighted by molar-refractivity contribution is -0.152. The van der Waals surface area contributed by atoms with E-state index in [1.54, 1.807) is 35.0 Å². The fourth-order valence-corrected chi connectivity index (χ4v) is 4.76. The van der Waals surface area contributed by atoms with Gasteiger partial charge in [-0.25, -0.2) is 0 Å². The second kappa shape index (κ2) is 18.7. The predicted octanol–water partition coefficient (Wildman–Crippen LogP) is 4.25. The van der Waals surface area contributed by atoms with E-state index >= 15 is 0 Å². The lowest BCUT2D eigenvalue weighted by atomic mass is 9.80. The van der Waals surface area contributed by atoms with Crippen molar-refractivity contribution in [2.75, 3.05) is 34.0 Å². The van der Waals surface area contributed by atoms with E-state index in [1.807, 2.05) is 32.0 Å². The number of nitrogens with two attached hydrogens (primary N) is 2. The molecule has 1 aromatic carbocycles. The number of carbonyl (C=O) groups is 3. The number of methoxy groups -OCH3 is 2. The van der Waals surface area contributed by atoms with Crippen LogP contribution in [0.4, 0.5) is 0 Å². The number of amides is 2. The van der Waals surface area contributed by atoms with Gasteiger partial charge in [-0.2, -0.15) is 0 Å². The van der Waals surface area contributed by atoms with Gasteiger partial charge in [-0.15, -0.1) is 0 Å². The van der Waals surface area contributed by atoms with E-state index in [1.165, 1.54) is 0 Å². The van der Waals surface area contributed by atoms with Crippen molar-refractivity contribution < 1.29 is 33.3 Å². The Balaban J connectivity index is 3.13. The molecule has 1 aromatic rings. The molecule has 4 atom stereocenters. The normalized spacial score (nSPS) is 14.6. The summed E-state index contributed by atoms with van der Waals surface area (Å²) >= 11 is 0. The maximum atomic E-state index is 13.3. The molecular weight excluding hydrogens is 550 g/mol. The first kappa shape index (κ1) is 38.2. The number of hydrogen-bond acceptors (Lipinski definition) is 8. The number of benzene rings is 1. The number of rotatable bonds is 21. The molecule has 0 spiro atoms. The maximum Gasteiger partial charge on any atom is 0.305 e. The topological polar surface area (TPSA) is 152 Å². The van der Waals surface area contributed by atoms with Gasteiger partial charge in [-0.1, -0.05) is 40.7 Å². The highest BCUT2D eigenvalue weighted by Crippen LogP contribution is 2.32. The van der Waals surface area contributed by atoms with E-state index in [-0.39, 0.29) is 43.1 Å². The quantitative estimate of drug-likeness (QED) is 0.139. The highest BCUT2D eigenvalue weighted by atomic mass is 16.5. The van der Waals surface area contributed by atoms with Gasteiger partial charge in [0.05, 0.1) is 19.1 Å². The molecular formula is C33H57N3O7. The lowest BCUT2D eigenvalue weighted by Crippen LogP contribution is -2.47. The van der Waals surface area contributed by atoms with Crippen molar-refractivity contribution in [2.24, 2.45) is 40.6 Å². The summed E-state index contributed by atoms with van der Waals surface area (Å²) in [4.78, 5) is 37.5. The summed E-state index contributed by atoms with van der Waals surface area (Å²) in [5, 5.41) is 2.87. The summed E-state index contributed by atoms with van der Waals surface area (Å²) in [6, 6.07) is 5.47. The van der Waals surface area contributed by atoms with Crippen LogP contribution < -0.4 is 26.3 Å². The Kier molecular flexibility index (Phi) is 16.6. The fraction of sp³-hybridized carbons (Fsp3) is 0.727. The molecule has 5 N–H and O–H groups in total. The molecule has 0 aliphatic rings. The zero-order chi connectivity index (χ0) is 32.7. The molecule has 1 rings (SSSR count). The molecule has 2 amide bonds. The molecule has 246 valence electrons. The third kappa shape index (κ3) is 13.1. The van der Waals surface area contributed by atoms with Crippen molar-refractivity contribution >= 4 is 17.8 Å². The number of nitrogens with one attached hydrogen (secondary N) is 1. The van der Waals surface area contributed by atoms with Gasteiger partial charge < -0.3 is 35.7 Å². The molecule has 0 aliphatic heterocycles. The van der Waals surface area contributed by atoms with Crippen LogP contribution in [-0.2, 0) is 30.3 Å². The summed E-state index contributed by atoms with van der Waals surface area (Å²) in [5.74, 6) is 0.237. The van der Waals surface area contributed by atoms with Gasteiger partial charge in [0.25, 0.3) is 0 Å². The molecule has 0 bridgehead atoms. The van der Waals surface area contributed by atoms with Gasteiger partial charge in [0.15, 0.2) is 11.5 Å². The van der Waals surface area contributed by atoms with E-state index in [4.69, 9.17) is 30.4 Å². The average molecular weight is 608 g/mol. The van der Waals surface area contributed by atoms with Gasteiger partial charge in [-0.05, 0) is 68.6 Å². The number of primary amides is 1. The molecule has 0 radical (unpaired) electrons. The fourth-order valence-electron chi connectivity index (χ4n) is 4.76. The lowest BCUT2D eigenvalue weighted by Gasteiger charge is -2.33. The smallest absolute Gasteiger partial charge is 0.305 e. The van der Waals surface area contributed by atoms with Crippen LogP contribution in [0.3, 0.4) is 0 Å². The Bertz CT molecular complexity index is 1010. The number of hydrogen-bond donors (Lipinski definition) is 3. The summed E-state index contributed by atoms with van der Waals surface area (Å²) in [6.07, 6.45) is 1.95. The van der Waals surface area contributed by atoms with Crippen LogP contribution in [0.2, 0.25) is 0 Å². The molecule has 10 nitrogen and oxygen atoms in total. The van der Waals surface area contributed by atoms with Crippen LogP contribution in [0, 0.1) is 29.1 Å². The number of ether oxygens (including phenoxy) is 4. The molecule has 0 saturated carbocycles. The highest BCUT2D eigenvalue weighted by molar-refractivity contribution is 5.83. The molecule has 0 aromatic heterocycles. The highest BCUT2D eigenvalue weighted by Gasteiger charge is 2.34. The first-order valence-electron chi connectivity index (χ1n) is 15.5. The van der Waals surface area contributed by atoms with Gasteiger partial charge in [0.1, 0.15) is 6.10 Å². The largest absolute Gasteiger partial charge is 0.493 e. The minimum atomic E-state index is -0.886. The molecule has 43 heavy (non-hydrogen) atoms. The van der Waals surface area contributed by atoms with Crippen molar-refractivity contribution in [3.63, 3.8) is 0 Å². The Morgan fingerprint density at radius 2 is 1.65 bits per heavy atom. The minimum absolute atomic E-state index is 0.0470. The second-order valence-corrected chi connectivity index (χ2v) is 12.7. The molecule has 0 saturated heterocycles. The van der Waals surface area contributed by atoms with E-state index in [9.17, 15) is 14.4 Å². The first-order valence-corrected chi connectivity index (χ1v) is 15.5. The van der Waals surface area contributed by atoms with Crippen LogP contribution in [-0.4, -0.2) is 63.9 Å². The zero-order valence-corrected chi connectivity index (χ0v) is 27.9.